The fraction of sp³-hybridized carbons (Fsp3) is 0.286. The van der Waals surface area contributed by atoms with Gasteiger partial charge in [-0.05, 0) is 56.5 Å². The molecule has 2 aromatic carbocycles. The molecule has 3 aromatic rings. The molecule has 0 spiro atoms. The first kappa shape index (κ1) is 22.7. The second-order valence-electron chi connectivity index (χ2n) is 8.99. The minimum atomic E-state index is -0.791. The Balaban J connectivity index is 1.43. The predicted octanol–water partition coefficient (Wildman–Crippen LogP) is 5.18. The number of hydrogen-bond acceptors (Lipinski definition) is 3. The molecule has 1 N–H and O–H groups in total. The summed E-state index contributed by atoms with van der Waals surface area (Å²) in [6.45, 7) is 5.84. The average Bonchev–Trinajstić information content (AvgIpc) is 3.42. The minimum Gasteiger partial charge on any atom is -0.480 e. The molecule has 5 nitrogen and oxygen atoms in total. The Morgan fingerprint density at radius 2 is 1.88 bits per heavy atom. The molecule has 1 aliphatic heterocycles. The fourth-order valence-electron chi connectivity index (χ4n) is 4.46. The van der Waals surface area contributed by atoms with Crippen molar-refractivity contribution in [3.05, 3.63) is 101 Å². The summed E-state index contributed by atoms with van der Waals surface area (Å²) in [6, 6.07) is 19.6. The Labute approximate surface area is 195 Å². The maximum atomic E-state index is 12.9. The van der Waals surface area contributed by atoms with Gasteiger partial charge < -0.3 is 9.67 Å². The van der Waals surface area contributed by atoms with Gasteiger partial charge >= 0.3 is 5.97 Å². The minimum absolute atomic E-state index is 0.0162. The zero-order valence-electron chi connectivity index (χ0n) is 19.2. The second-order valence-corrected chi connectivity index (χ2v) is 8.99. The van der Waals surface area contributed by atoms with Crippen LogP contribution in [0.3, 0.4) is 0 Å². The summed E-state index contributed by atoms with van der Waals surface area (Å²) in [7, 11) is 0. The van der Waals surface area contributed by atoms with Gasteiger partial charge in [0.15, 0.2) is 0 Å². The summed E-state index contributed by atoms with van der Waals surface area (Å²) >= 11 is 0. The van der Waals surface area contributed by atoms with Crippen molar-refractivity contribution in [1.82, 2.24) is 9.47 Å². The van der Waals surface area contributed by atoms with E-state index in [0.29, 0.717) is 30.8 Å². The lowest BCUT2D eigenvalue weighted by Gasteiger charge is -2.31. The fourth-order valence-corrected chi connectivity index (χ4v) is 4.46. The van der Waals surface area contributed by atoms with Gasteiger partial charge in [0.25, 0.3) is 0 Å². The molecule has 5 heteroatoms. The van der Waals surface area contributed by atoms with Crippen molar-refractivity contribution in [3.63, 3.8) is 0 Å². The highest BCUT2D eigenvalue weighted by Gasteiger charge is 2.43. The number of rotatable bonds is 8. The summed E-state index contributed by atoms with van der Waals surface area (Å²) in [5, 5.41) is 9.65. The number of ketones is 1. The Bertz CT molecular complexity index is 1180. The summed E-state index contributed by atoms with van der Waals surface area (Å²) in [6.07, 6.45) is 7.60. The van der Waals surface area contributed by atoms with E-state index < -0.39 is 11.5 Å². The number of carboxylic acids is 1. The predicted molar refractivity (Wildman–Crippen MR) is 130 cm³/mol. The van der Waals surface area contributed by atoms with Crippen molar-refractivity contribution in [2.45, 2.75) is 45.3 Å². The molecule has 0 bridgehead atoms. The standard InChI is InChI=1S/C28H30N2O3/c1-21-11-13-24(14-12-21)26(31)25-10-5-17-29(25)16-4-9-22-7-3-8-23(19-22)20-30-18-6-15-28(30,2)27(32)33/h3-5,7-14,17,19H,6,15-16,18,20H2,1-2H3,(H,32,33)/b9-4+/t28-/m1/s1. The molecule has 0 radical (unpaired) electrons. The van der Waals surface area contributed by atoms with E-state index in [9.17, 15) is 14.7 Å². The Morgan fingerprint density at radius 3 is 2.64 bits per heavy atom. The Morgan fingerprint density at radius 1 is 1.09 bits per heavy atom. The number of carbonyl (C=O) groups excluding carboxylic acids is 1. The van der Waals surface area contributed by atoms with Gasteiger partial charge in [-0.3, -0.25) is 14.5 Å². The molecule has 4 rings (SSSR count). The molecular weight excluding hydrogens is 412 g/mol. The lowest BCUT2D eigenvalue weighted by atomic mass is 9.98. The van der Waals surface area contributed by atoms with Crippen LogP contribution in [0.4, 0.5) is 0 Å². The van der Waals surface area contributed by atoms with E-state index in [-0.39, 0.29) is 5.78 Å². The number of carboxylic acid groups (broad SMARTS) is 1. The molecular formula is C28H30N2O3. The lowest BCUT2D eigenvalue weighted by molar-refractivity contribution is -0.148. The molecule has 0 aliphatic carbocycles. The van der Waals surface area contributed by atoms with Crippen molar-refractivity contribution >= 4 is 17.8 Å². The van der Waals surface area contributed by atoms with E-state index >= 15 is 0 Å². The summed E-state index contributed by atoms with van der Waals surface area (Å²) < 4.78 is 1.95. The Kier molecular flexibility index (Phi) is 6.61. The highest BCUT2D eigenvalue weighted by Crippen LogP contribution is 2.31. The van der Waals surface area contributed by atoms with Crippen LogP contribution >= 0.6 is 0 Å². The first-order valence-electron chi connectivity index (χ1n) is 11.4. The maximum Gasteiger partial charge on any atom is 0.323 e. The van der Waals surface area contributed by atoms with Crippen molar-refractivity contribution in [2.75, 3.05) is 6.54 Å². The number of benzene rings is 2. The number of likely N-dealkylation sites (tertiary alicyclic amines) is 1. The van der Waals surface area contributed by atoms with Crippen LogP contribution in [0, 0.1) is 6.92 Å². The molecule has 0 amide bonds. The third kappa shape index (κ3) is 4.99. The van der Waals surface area contributed by atoms with Crippen LogP contribution in [0.1, 0.15) is 52.5 Å². The highest BCUT2D eigenvalue weighted by molar-refractivity contribution is 6.08. The number of aromatic nitrogens is 1. The number of allylic oxidation sites excluding steroid dienone is 1. The molecule has 1 aliphatic rings. The van der Waals surface area contributed by atoms with Crippen LogP contribution in [0.5, 0.6) is 0 Å². The van der Waals surface area contributed by atoms with Crippen LogP contribution in [0.25, 0.3) is 6.08 Å². The molecule has 1 aromatic heterocycles. The molecule has 1 atom stereocenters. The van der Waals surface area contributed by atoms with Gasteiger partial charge in [-0.2, -0.15) is 0 Å². The Hall–Kier alpha value is -3.44. The zero-order chi connectivity index (χ0) is 23.4. The van der Waals surface area contributed by atoms with Gasteiger partial charge in [-0.15, -0.1) is 0 Å². The molecule has 1 fully saturated rings. The highest BCUT2D eigenvalue weighted by atomic mass is 16.4. The third-order valence-electron chi connectivity index (χ3n) is 6.56. The van der Waals surface area contributed by atoms with E-state index in [1.165, 1.54) is 0 Å². The van der Waals surface area contributed by atoms with Crippen LogP contribution in [-0.2, 0) is 17.9 Å². The van der Waals surface area contributed by atoms with Crippen LogP contribution in [0.15, 0.2) is 72.9 Å². The molecule has 2 heterocycles. The van der Waals surface area contributed by atoms with Crippen LogP contribution in [0.2, 0.25) is 0 Å². The number of aryl methyl sites for hydroxylation is 1. The van der Waals surface area contributed by atoms with Gasteiger partial charge in [-0.25, -0.2) is 0 Å². The average molecular weight is 443 g/mol. The summed E-state index contributed by atoms with van der Waals surface area (Å²) in [5.41, 5.74) is 3.85. The van der Waals surface area contributed by atoms with Gasteiger partial charge in [0.1, 0.15) is 5.54 Å². The first-order chi connectivity index (χ1) is 15.9. The van der Waals surface area contributed by atoms with E-state index in [0.717, 1.165) is 29.7 Å². The first-order valence-corrected chi connectivity index (χ1v) is 11.4. The van der Waals surface area contributed by atoms with E-state index in [2.05, 4.69) is 11.0 Å². The number of nitrogens with zero attached hydrogens (tertiary/aromatic N) is 2. The molecule has 170 valence electrons. The van der Waals surface area contributed by atoms with E-state index in [1.807, 2.05) is 91.4 Å². The quantitative estimate of drug-likeness (QED) is 0.488. The summed E-state index contributed by atoms with van der Waals surface area (Å²) in [5.74, 6) is -0.735. The monoisotopic (exact) mass is 442 g/mol. The maximum absolute atomic E-state index is 12.9. The van der Waals surface area contributed by atoms with Crippen LogP contribution < -0.4 is 0 Å². The number of carbonyl (C=O) groups is 2. The number of hydrogen-bond donors (Lipinski definition) is 1. The van der Waals surface area contributed by atoms with Crippen molar-refractivity contribution in [3.8, 4) is 0 Å². The third-order valence-corrected chi connectivity index (χ3v) is 6.56. The normalized spacial score (nSPS) is 18.7. The largest absolute Gasteiger partial charge is 0.480 e. The topological polar surface area (TPSA) is 62.5 Å². The molecule has 1 saturated heterocycles. The van der Waals surface area contributed by atoms with Gasteiger partial charge in [-0.1, -0.05) is 66.2 Å². The smallest absolute Gasteiger partial charge is 0.323 e. The summed E-state index contributed by atoms with van der Waals surface area (Å²) in [4.78, 5) is 26.7. The van der Waals surface area contributed by atoms with Crippen molar-refractivity contribution < 1.29 is 14.7 Å². The van der Waals surface area contributed by atoms with Gasteiger partial charge in [0.05, 0.1) is 5.69 Å². The molecule has 0 saturated carbocycles. The van der Waals surface area contributed by atoms with Crippen LogP contribution in [-0.4, -0.2) is 38.4 Å². The van der Waals surface area contributed by atoms with Gasteiger partial charge in [0, 0.05) is 24.8 Å². The van der Waals surface area contributed by atoms with Crippen molar-refractivity contribution in [1.29, 1.82) is 0 Å². The second kappa shape index (κ2) is 9.59. The lowest BCUT2D eigenvalue weighted by Crippen LogP contribution is -2.47. The van der Waals surface area contributed by atoms with Gasteiger partial charge in [0.2, 0.25) is 5.78 Å². The molecule has 0 unspecified atom stereocenters. The van der Waals surface area contributed by atoms with E-state index in [4.69, 9.17) is 0 Å². The SMILES string of the molecule is Cc1ccc(C(=O)c2cccn2C/C=C/c2cccc(CN3CCC[C@]3(C)C(=O)O)c2)cc1. The van der Waals surface area contributed by atoms with Crippen molar-refractivity contribution in [2.24, 2.45) is 0 Å². The zero-order valence-corrected chi connectivity index (χ0v) is 19.2. The molecule has 33 heavy (non-hydrogen) atoms. The van der Waals surface area contributed by atoms with E-state index in [1.54, 1.807) is 0 Å². The number of aliphatic carboxylic acids is 1.